The van der Waals surface area contributed by atoms with E-state index >= 15 is 0 Å². The summed E-state index contributed by atoms with van der Waals surface area (Å²) < 4.78 is 83.5. The first-order chi connectivity index (χ1) is 19.4. The number of anilines is 4. The second-order valence-corrected chi connectivity index (χ2v) is 10.8. The molecule has 2 aromatic carbocycles. The molecule has 5 rings (SSSR count). The summed E-state index contributed by atoms with van der Waals surface area (Å²) in [7, 11) is -4.03. The zero-order chi connectivity index (χ0) is 29.5. The summed E-state index contributed by atoms with van der Waals surface area (Å²) in [6, 6.07) is 13.2. The summed E-state index contributed by atoms with van der Waals surface area (Å²) >= 11 is 0. The lowest BCUT2D eigenvalue weighted by Gasteiger charge is -2.22. The standard InChI is InChI=1S/C27H23F4N5O4S/c1-3-36-24-19(26(37)35(2)21-10-11-23(28)33-25(21)36)14-16(15-32-24)12-13-40-22-9-5-6-17-18(22)7-4-8-20(17)34-41(38,39)27(29,30)31/h4-11,14-15,34H,3,12-13H2,1-2H3. The van der Waals surface area contributed by atoms with Crippen molar-refractivity contribution in [3.8, 4) is 5.75 Å². The van der Waals surface area contributed by atoms with Crippen molar-refractivity contribution < 1.29 is 35.5 Å². The highest BCUT2D eigenvalue weighted by molar-refractivity contribution is 7.93. The Morgan fingerprint density at radius 1 is 1.02 bits per heavy atom. The number of nitrogens with zero attached hydrogens (tertiary/aromatic N) is 4. The zero-order valence-electron chi connectivity index (χ0n) is 21.7. The summed E-state index contributed by atoms with van der Waals surface area (Å²) in [5, 5.41) is 0.630. The topological polar surface area (TPSA) is 105 Å². The van der Waals surface area contributed by atoms with Crippen LogP contribution in [0.4, 0.5) is 40.6 Å². The van der Waals surface area contributed by atoms with E-state index in [1.54, 1.807) is 41.1 Å². The van der Waals surface area contributed by atoms with E-state index in [9.17, 15) is 30.8 Å². The van der Waals surface area contributed by atoms with Gasteiger partial charge in [0.15, 0.2) is 5.82 Å². The lowest BCUT2D eigenvalue weighted by atomic mass is 10.1. The summed E-state index contributed by atoms with van der Waals surface area (Å²) in [5.41, 5.74) is -4.29. The first-order valence-electron chi connectivity index (χ1n) is 12.4. The normalized spacial score (nSPS) is 13.6. The molecule has 1 N–H and O–H groups in total. The maximum absolute atomic E-state index is 14.0. The number of pyridine rings is 2. The monoisotopic (exact) mass is 589 g/mol. The van der Waals surface area contributed by atoms with Crippen LogP contribution in [0.3, 0.4) is 0 Å². The predicted octanol–water partition coefficient (Wildman–Crippen LogP) is 5.40. The lowest BCUT2D eigenvalue weighted by molar-refractivity contribution is -0.0429. The molecule has 0 bridgehead atoms. The summed E-state index contributed by atoms with van der Waals surface area (Å²) in [6.07, 6.45) is 1.90. The number of hydrogen-bond acceptors (Lipinski definition) is 7. The quantitative estimate of drug-likeness (QED) is 0.227. The van der Waals surface area contributed by atoms with E-state index in [2.05, 4.69) is 9.97 Å². The molecule has 0 unspecified atom stereocenters. The summed E-state index contributed by atoms with van der Waals surface area (Å²) in [4.78, 5) is 24.8. The van der Waals surface area contributed by atoms with Gasteiger partial charge in [-0.25, -0.2) is 4.98 Å². The van der Waals surface area contributed by atoms with Crippen molar-refractivity contribution >= 4 is 49.7 Å². The molecule has 1 amide bonds. The Morgan fingerprint density at radius 3 is 2.49 bits per heavy atom. The molecule has 0 saturated heterocycles. The number of halogens is 4. The lowest BCUT2D eigenvalue weighted by Crippen LogP contribution is -2.29. The molecule has 0 radical (unpaired) electrons. The van der Waals surface area contributed by atoms with Gasteiger partial charge in [0.2, 0.25) is 5.95 Å². The number of alkyl halides is 3. The van der Waals surface area contributed by atoms with E-state index in [1.165, 1.54) is 41.3 Å². The van der Waals surface area contributed by atoms with Crippen molar-refractivity contribution in [2.75, 3.05) is 34.7 Å². The van der Waals surface area contributed by atoms with Crippen LogP contribution in [0.5, 0.6) is 5.75 Å². The van der Waals surface area contributed by atoms with Gasteiger partial charge >= 0.3 is 15.5 Å². The number of fused-ring (bicyclic) bond motifs is 3. The fourth-order valence-corrected chi connectivity index (χ4v) is 5.14. The van der Waals surface area contributed by atoms with E-state index < -0.39 is 21.5 Å². The average molecular weight is 590 g/mol. The van der Waals surface area contributed by atoms with Gasteiger partial charge in [-0.1, -0.05) is 24.3 Å². The van der Waals surface area contributed by atoms with Crippen LogP contribution in [-0.4, -0.2) is 50.0 Å². The largest absolute Gasteiger partial charge is 0.516 e. The Labute approximate surface area is 232 Å². The fourth-order valence-electron chi connectivity index (χ4n) is 4.56. The van der Waals surface area contributed by atoms with Crippen molar-refractivity contribution in [2.24, 2.45) is 0 Å². The molecule has 41 heavy (non-hydrogen) atoms. The molecule has 0 atom stereocenters. The van der Waals surface area contributed by atoms with Crippen LogP contribution in [0.2, 0.25) is 0 Å². The van der Waals surface area contributed by atoms with Gasteiger partial charge in [-0.05, 0) is 42.8 Å². The van der Waals surface area contributed by atoms with Gasteiger partial charge in [-0.2, -0.15) is 31.0 Å². The minimum absolute atomic E-state index is 0.118. The van der Waals surface area contributed by atoms with E-state index in [0.29, 0.717) is 46.7 Å². The number of nitrogens with one attached hydrogen (secondary N) is 1. The van der Waals surface area contributed by atoms with E-state index in [1.807, 2.05) is 6.92 Å². The van der Waals surface area contributed by atoms with Gasteiger partial charge in [0, 0.05) is 37.0 Å². The molecule has 2 aromatic heterocycles. The fraction of sp³-hybridized carbons (Fsp3) is 0.222. The molecule has 214 valence electrons. The number of benzene rings is 2. The number of ether oxygens (including phenoxy) is 1. The van der Waals surface area contributed by atoms with Crippen molar-refractivity contribution in [3.63, 3.8) is 0 Å². The highest BCUT2D eigenvalue weighted by atomic mass is 32.2. The Morgan fingerprint density at radius 2 is 1.76 bits per heavy atom. The van der Waals surface area contributed by atoms with Gasteiger partial charge in [0.05, 0.1) is 23.5 Å². The highest BCUT2D eigenvalue weighted by Gasteiger charge is 2.46. The molecule has 0 saturated carbocycles. The molecule has 9 nitrogen and oxygen atoms in total. The second kappa shape index (κ2) is 10.5. The van der Waals surface area contributed by atoms with Crippen LogP contribution < -0.4 is 19.3 Å². The molecule has 14 heteroatoms. The van der Waals surface area contributed by atoms with Crippen LogP contribution in [0.25, 0.3) is 10.8 Å². The Hall–Kier alpha value is -4.46. The molecule has 1 aliphatic rings. The van der Waals surface area contributed by atoms with Crippen molar-refractivity contribution in [2.45, 2.75) is 18.9 Å². The number of hydrogen-bond donors (Lipinski definition) is 1. The third-order valence-electron chi connectivity index (χ3n) is 6.55. The Balaban J connectivity index is 1.38. The second-order valence-electron chi connectivity index (χ2n) is 9.11. The number of amides is 1. The van der Waals surface area contributed by atoms with Crippen molar-refractivity contribution in [1.82, 2.24) is 9.97 Å². The highest BCUT2D eigenvalue weighted by Crippen LogP contribution is 2.38. The van der Waals surface area contributed by atoms with Crippen LogP contribution in [0.1, 0.15) is 22.8 Å². The van der Waals surface area contributed by atoms with E-state index in [4.69, 9.17) is 4.74 Å². The van der Waals surface area contributed by atoms with Crippen molar-refractivity contribution in [3.05, 3.63) is 77.9 Å². The molecule has 0 spiro atoms. The third kappa shape index (κ3) is 5.22. The molecule has 0 fully saturated rings. The molecule has 4 aromatic rings. The minimum atomic E-state index is -5.61. The first-order valence-corrected chi connectivity index (χ1v) is 13.8. The van der Waals surface area contributed by atoms with Crippen molar-refractivity contribution in [1.29, 1.82) is 0 Å². The number of carbonyl (C=O) groups excluding carboxylic acids is 1. The van der Waals surface area contributed by atoms with Crippen LogP contribution in [0, 0.1) is 5.95 Å². The van der Waals surface area contributed by atoms with Gasteiger partial charge in [-0.15, -0.1) is 0 Å². The molecule has 1 aliphatic heterocycles. The SMILES string of the molecule is CCN1c2ncc(CCOc3cccc4c(NS(=O)(=O)C(F)(F)F)cccc34)cc2C(=O)N(C)c2ccc(F)nc21. The summed E-state index contributed by atoms with van der Waals surface area (Å²) in [5.74, 6) is -0.0792. The van der Waals surface area contributed by atoms with E-state index in [0.717, 1.165) is 0 Å². The average Bonchev–Trinajstić information content (AvgIpc) is 3.00. The zero-order valence-corrected chi connectivity index (χ0v) is 22.6. The maximum atomic E-state index is 14.0. The van der Waals surface area contributed by atoms with E-state index in [-0.39, 0.29) is 29.4 Å². The van der Waals surface area contributed by atoms with Crippen LogP contribution >= 0.6 is 0 Å². The van der Waals surface area contributed by atoms with Crippen LogP contribution in [-0.2, 0) is 16.4 Å². The summed E-state index contributed by atoms with van der Waals surface area (Å²) in [6.45, 7) is 2.34. The molecular weight excluding hydrogens is 566 g/mol. The number of aromatic nitrogens is 2. The molecule has 3 heterocycles. The van der Waals surface area contributed by atoms with Crippen LogP contribution in [0.15, 0.2) is 60.8 Å². The van der Waals surface area contributed by atoms with Gasteiger partial charge in [-0.3, -0.25) is 9.52 Å². The van der Waals surface area contributed by atoms with Gasteiger partial charge < -0.3 is 14.5 Å². The number of rotatable bonds is 7. The smallest absolute Gasteiger partial charge is 0.493 e. The minimum Gasteiger partial charge on any atom is -0.493 e. The third-order valence-corrected chi connectivity index (χ3v) is 7.65. The van der Waals surface area contributed by atoms with Gasteiger partial charge in [0.1, 0.15) is 11.6 Å². The first kappa shape index (κ1) is 28.1. The number of sulfonamides is 1. The number of carbonyl (C=O) groups is 1. The van der Waals surface area contributed by atoms with Gasteiger partial charge in [0.25, 0.3) is 5.91 Å². The molecular formula is C27H23F4N5O4S. The predicted molar refractivity (Wildman–Crippen MR) is 146 cm³/mol. The Kier molecular flexibility index (Phi) is 7.19. The molecule has 0 aliphatic carbocycles. The maximum Gasteiger partial charge on any atom is 0.516 e. The Bertz CT molecular complexity index is 1760.